The number of rotatable bonds is 4. The number of benzene rings is 7. The monoisotopic (exact) mass is 721 g/mol. The largest absolute Gasteiger partial charge is 0.454 e. The lowest BCUT2D eigenvalue weighted by Crippen LogP contribution is -2.23. The first-order chi connectivity index (χ1) is 27.3. The van der Waals surface area contributed by atoms with Crippen LogP contribution in [0.25, 0.3) is 105 Å². The maximum absolute atomic E-state index is 6.87. The predicted molar refractivity (Wildman–Crippen MR) is 229 cm³/mol. The standard InChI is InChI=1S/C50H31N3OS/c1-2-12-30(13-3-1)31-22-24-32(25-23-31)47-36-16-4-8-18-41(36)51-50(52-47)53-42-19-9-5-17-37(42)46-38(29-40-34-14-6-10-20-43(34)54-49(40)48(46)53)33-26-27-45-39(28-33)35-15-7-11-21-44(35)55-45/h1-25,27-29,33H,26H2. The molecule has 4 nitrogen and oxygen atoms in total. The van der Waals surface area contributed by atoms with Crippen molar-refractivity contribution in [3.05, 3.63) is 173 Å². The van der Waals surface area contributed by atoms with Crippen LogP contribution in [0.15, 0.2) is 162 Å². The summed E-state index contributed by atoms with van der Waals surface area (Å²) in [5, 5.41) is 8.24. The highest BCUT2D eigenvalue weighted by atomic mass is 32.1. The van der Waals surface area contributed by atoms with Gasteiger partial charge in [0, 0.05) is 47.6 Å². The van der Waals surface area contributed by atoms with Crippen molar-refractivity contribution < 1.29 is 4.42 Å². The smallest absolute Gasteiger partial charge is 0.235 e. The van der Waals surface area contributed by atoms with Crippen LogP contribution in [0, 0.1) is 0 Å². The van der Waals surface area contributed by atoms with E-state index in [2.05, 4.69) is 168 Å². The third-order valence-corrected chi connectivity index (χ3v) is 12.5. The van der Waals surface area contributed by atoms with Gasteiger partial charge in [0.25, 0.3) is 0 Å². The molecule has 4 aromatic heterocycles. The van der Waals surface area contributed by atoms with E-state index >= 15 is 0 Å². The first kappa shape index (κ1) is 30.6. The number of hydrogen-bond donors (Lipinski definition) is 0. The van der Waals surface area contributed by atoms with E-state index in [9.17, 15) is 0 Å². The van der Waals surface area contributed by atoms with E-state index in [1.807, 2.05) is 17.4 Å². The zero-order valence-electron chi connectivity index (χ0n) is 29.6. The Balaban J connectivity index is 1.16. The van der Waals surface area contributed by atoms with Gasteiger partial charge in [-0.05, 0) is 64.0 Å². The molecule has 12 rings (SSSR count). The maximum atomic E-state index is 6.87. The Morgan fingerprint density at radius 2 is 1.29 bits per heavy atom. The molecule has 0 fully saturated rings. The quantitative estimate of drug-likeness (QED) is 0.182. The molecule has 0 radical (unpaired) electrons. The van der Waals surface area contributed by atoms with Crippen LogP contribution in [-0.2, 0) is 0 Å². The number of furan rings is 1. The summed E-state index contributed by atoms with van der Waals surface area (Å²) in [5.41, 5.74) is 10.3. The third-order valence-electron chi connectivity index (χ3n) is 11.4. The molecule has 1 aliphatic carbocycles. The summed E-state index contributed by atoms with van der Waals surface area (Å²) >= 11 is 1.89. The van der Waals surface area contributed by atoms with Gasteiger partial charge in [-0.3, -0.25) is 4.57 Å². The van der Waals surface area contributed by atoms with Crippen molar-refractivity contribution >= 4 is 88.2 Å². The first-order valence-corrected chi connectivity index (χ1v) is 19.6. The highest BCUT2D eigenvalue weighted by Crippen LogP contribution is 2.45. The van der Waals surface area contributed by atoms with Gasteiger partial charge in [0.1, 0.15) is 11.1 Å². The Morgan fingerprint density at radius 3 is 2.16 bits per heavy atom. The lowest BCUT2D eigenvalue weighted by atomic mass is 9.87. The van der Waals surface area contributed by atoms with Crippen LogP contribution in [0.1, 0.15) is 17.9 Å². The first-order valence-electron chi connectivity index (χ1n) is 18.8. The molecule has 0 aliphatic heterocycles. The van der Waals surface area contributed by atoms with Crippen molar-refractivity contribution in [1.82, 2.24) is 14.5 Å². The summed E-state index contributed by atoms with van der Waals surface area (Å²) in [5.74, 6) is 0.790. The van der Waals surface area contributed by atoms with Gasteiger partial charge in [0.15, 0.2) is 5.58 Å². The molecular formula is C50H31N3OS. The van der Waals surface area contributed by atoms with Gasteiger partial charge in [-0.2, -0.15) is 0 Å². The number of nitrogens with zero attached hydrogens (tertiary/aromatic N) is 3. The molecule has 0 spiro atoms. The highest BCUT2D eigenvalue weighted by Gasteiger charge is 2.27. The SMILES string of the molecule is C1=c2sc3ccccc3c2=CC(c2cc3c4ccccc4oc3c3c2c2ccccc2n3-c2nc(-c3ccc(-c4ccccc4)cc3)c3ccccc3n2)C1. The van der Waals surface area contributed by atoms with Gasteiger partial charge in [-0.1, -0.05) is 140 Å². The minimum absolute atomic E-state index is 0.168. The maximum Gasteiger partial charge on any atom is 0.235 e. The van der Waals surface area contributed by atoms with Crippen LogP contribution in [0.3, 0.4) is 0 Å². The van der Waals surface area contributed by atoms with Gasteiger partial charge < -0.3 is 4.42 Å². The predicted octanol–water partition coefficient (Wildman–Crippen LogP) is 11.9. The van der Waals surface area contributed by atoms with Crippen LogP contribution in [0.5, 0.6) is 0 Å². The fourth-order valence-corrected chi connectivity index (χ4v) is 9.96. The van der Waals surface area contributed by atoms with Gasteiger partial charge in [0.05, 0.1) is 16.7 Å². The molecule has 1 unspecified atom stereocenters. The number of aromatic nitrogens is 3. The van der Waals surface area contributed by atoms with Gasteiger partial charge in [0.2, 0.25) is 5.95 Å². The summed E-state index contributed by atoms with van der Waals surface area (Å²) in [7, 11) is 0. The Labute approximate surface area is 319 Å². The lowest BCUT2D eigenvalue weighted by Gasteiger charge is -2.17. The molecule has 1 atom stereocenters. The second kappa shape index (κ2) is 11.8. The van der Waals surface area contributed by atoms with E-state index in [4.69, 9.17) is 14.4 Å². The summed E-state index contributed by atoms with van der Waals surface area (Å²) in [6.07, 6.45) is 5.87. The fourth-order valence-electron chi connectivity index (χ4n) is 8.82. The van der Waals surface area contributed by atoms with E-state index < -0.39 is 0 Å². The molecule has 0 bridgehead atoms. The van der Waals surface area contributed by atoms with Crippen LogP contribution in [0.4, 0.5) is 0 Å². The molecule has 4 heterocycles. The van der Waals surface area contributed by atoms with Crippen molar-refractivity contribution in [2.24, 2.45) is 0 Å². The molecule has 7 aromatic carbocycles. The molecule has 0 saturated heterocycles. The van der Waals surface area contributed by atoms with E-state index in [1.54, 1.807) is 0 Å². The Bertz CT molecular complexity index is 3460. The molecule has 0 N–H and O–H groups in total. The second-order valence-corrected chi connectivity index (χ2v) is 15.5. The number of para-hydroxylation sites is 3. The minimum atomic E-state index is 0.168. The van der Waals surface area contributed by atoms with Crippen LogP contribution in [-0.4, -0.2) is 14.5 Å². The highest BCUT2D eigenvalue weighted by molar-refractivity contribution is 7.17. The summed E-state index contributed by atoms with van der Waals surface area (Å²) in [6.45, 7) is 0. The molecule has 0 saturated carbocycles. The number of thiophene rings is 1. The molecule has 258 valence electrons. The second-order valence-electron chi connectivity index (χ2n) is 14.4. The fraction of sp³-hybridized carbons (Fsp3) is 0.0400. The van der Waals surface area contributed by atoms with E-state index in [0.717, 1.165) is 66.9 Å². The van der Waals surface area contributed by atoms with Gasteiger partial charge in [-0.15, -0.1) is 11.3 Å². The Kier molecular flexibility index (Phi) is 6.59. The van der Waals surface area contributed by atoms with Crippen LogP contribution in [0.2, 0.25) is 0 Å². The summed E-state index contributed by atoms with van der Waals surface area (Å²) in [4.78, 5) is 10.8. The Morgan fingerprint density at radius 1 is 0.600 bits per heavy atom. The lowest BCUT2D eigenvalue weighted by molar-refractivity contribution is 0.670. The summed E-state index contributed by atoms with van der Waals surface area (Å²) in [6, 6.07) is 55.8. The van der Waals surface area contributed by atoms with Gasteiger partial charge in [-0.25, -0.2) is 9.97 Å². The molecule has 55 heavy (non-hydrogen) atoms. The van der Waals surface area contributed by atoms with Crippen molar-refractivity contribution in [1.29, 1.82) is 0 Å². The van der Waals surface area contributed by atoms with Gasteiger partial charge >= 0.3 is 0 Å². The van der Waals surface area contributed by atoms with Crippen molar-refractivity contribution in [2.75, 3.05) is 0 Å². The van der Waals surface area contributed by atoms with Crippen LogP contribution < -0.4 is 9.75 Å². The molecule has 0 amide bonds. The number of fused-ring (bicyclic) bond motifs is 11. The average Bonchev–Trinajstić information content (AvgIpc) is 3.93. The van der Waals surface area contributed by atoms with Crippen molar-refractivity contribution in [3.8, 4) is 28.3 Å². The van der Waals surface area contributed by atoms with E-state index in [0.29, 0.717) is 5.95 Å². The zero-order valence-corrected chi connectivity index (χ0v) is 30.4. The molecular weight excluding hydrogens is 691 g/mol. The normalized spacial score (nSPS) is 14.2. The van der Waals surface area contributed by atoms with Crippen molar-refractivity contribution in [3.63, 3.8) is 0 Å². The minimum Gasteiger partial charge on any atom is -0.454 e. The van der Waals surface area contributed by atoms with Crippen molar-refractivity contribution in [2.45, 2.75) is 12.3 Å². The topological polar surface area (TPSA) is 43.9 Å². The van der Waals surface area contributed by atoms with E-state index in [-0.39, 0.29) is 5.92 Å². The number of hydrogen-bond acceptors (Lipinski definition) is 4. The summed E-state index contributed by atoms with van der Waals surface area (Å²) < 4.78 is 11.8. The molecule has 5 heteroatoms. The third kappa shape index (κ3) is 4.63. The van der Waals surface area contributed by atoms with Crippen LogP contribution >= 0.6 is 11.3 Å². The molecule has 1 aliphatic rings. The Hall–Kier alpha value is -6.82. The molecule has 11 aromatic rings. The average molecular weight is 722 g/mol. The zero-order chi connectivity index (χ0) is 36.0. The van der Waals surface area contributed by atoms with E-state index in [1.165, 1.54) is 41.9 Å².